The van der Waals surface area contributed by atoms with E-state index >= 15 is 0 Å². The summed E-state index contributed by atoms with van der Waals surface area (Å²) >= 11 is 0. The molecule has 2 aromatic carbocycles. The Hall–Kier alpha value is -2.40. The molecule has 1 aliphatic heterocycles. The fourth-order valence-corrected chi connectivity index (χ4v) is 2.74. The van der Waals surface area contributed by atoms with Crippen LogP contribution in [0.25, 0.3) is 0 Å². The number of hydrogen-bond acceptors (Lipinski definition) is 3. The quantitative estimate of drug-likeness (QED) is 0.916. The largest absolute Gasteiger partial charge is 0.378 e. The third-order valence-electron chi connectivity index (χ3n) is 4.06. The number of aryl methyl sites for hydroxylation is 1. The molecule has 1 N–H and O–H groups in total. The molecule has 4 nitrogen and oxygen atoms in total. The van der Waals surface area contributed by atoms with Crippen molar-refractivity contribution in [3.63, 3.8) is 0 Å². The summed E-state index contributed by atoms with van der Waals surface area (Å²) in [5.74, 6) is -0.468. The average Bonchev–Trinajstić information content (AvgIpc) is 2.61. The zero-order valence-corrected chi connectivity index (χ0v) is 13.5. The summed E-state index contributed by atoms with van der Waals surface area (Å²) in [7, 11) is 0. The second kappa shape index (κ2) is 7.93. The highest BCUT2D eigenvalue weighted by Crippen LogP contribution is 2.17. The number of carbonyl (C=O) groups is 1. The van der Waals surface area contributed by atoms with Crippen LogP contribution in [0.5, 0.6) is 0 Å². The molecule has 0 spiro atoms. The fourth-order valence-electron chi connectivity index (χ4n) is 2.74. The van der Waals surface area contributed by atoms with Crippen molar-refractivity contribution in [1.29, 1.82) is 0 Å². The summed E-state index contributed by atoms with van der Waals surface area (Å²) in [5.41, 5.74) is 2.79. The molecule has 1 saturated heterocycles. The lowest BCUT2D eigenvalue weighted by atomic mass is 10.1. The Morgan fingerprint density at radius 2 is 1.88 bits per heavy atom. The number of anilines is 2. The Morgan fingerprint density at radius 3 is 2.58 bits per heavy atom. The van der Waals surface area contributed by atoms with Gasteiger partial charge in [0.15, 0.2) is 0 Å². The number of amides is 1. The standard InChI is InChI=1S/C19H21FN2O2/c20-16-2-1-3-17(14-16)21-19(23)9-6-15-4-7-18(8-5-15)22-10-12-24-13-11-22/h1-5,7-8,14H,6,9-13H2,(H,21,23). The Balaban J connectivity index is 1.50. The van der Waals surface area contributed by atoms with Gasteiger partial charge in [-0.05, 0) is 42.3 Å². The van der Waals surface area contributed by atoms with Crippen molar-refractivity contribution in [1.82, 2.24) is 0 Å². The molecule has 0 saturated carbocycles. The van der Waals surface area contributed by atoms with Crippen LogP contribution in [0.2, 0.25) is 0 Å². The predicted molar refractivity (Wildman–Crippen MR) is 92.8 cm³/mol. The van der Waals surface area contributed by atoms with E-state index in [0.717, 1.165) is 31.9 Å². The number of morpholine rings is 1. The van der Waals surface area contributed by atoms with Crippen molar-refractivity contribution in [2.45, 2.75) is 12.8 Å². The van der Waals surface area contributed by atoms with Gasteiger partial charge in [0.2, 0.25) is 5.91 Å². The highest BCUT2D eigenvalue weighted by atomic mass is 19.1. The minimum Gasteiger partial charge on any atom is -0.378 e. The van der Waals surface area contributed by atoms with Crippen LogP contribution in [0.4, 0.5) is 15.8 Å². The molecular formula is C19H21FN2O2. The van der Waals surface area contributed by atoms with E-state index in [-0.39, 0.29) is 11.7 Å². The third-order valence-corrected chi connectivity index (χ3v) is 4.06. The molecule has 0 aromatic heterocycles. The van der Waals surface area contributed by atoms with Crippen LogP contribution in [0.1, 0.15) is 12.0 Å². The summed E-state index contributed by atoms with van der Waals surface area (Å²) < 4.78 is 18.5. The van der Waals surface area contributed by atoms with Gasteiger partial charge in [-0.3, -0.25) is 4.79 Å². The predicted octanol–water partition coefficient (Wildman–Crippen LogP) is 3.23. The molecule has 0 unspecified atom stereocenters. The molecule has 3 rings (SSSR count). The van der Waals surface area contributed by atoms with E-state index in [0.29, 0.717) is 18.5 Å². The molecule has 1 fully saturated rings. The minimum atomic E-state index is -0.355. The number of benzene rings is 2. The zero-order chi connectivity index (χ0) is 16.8. The molecule has 0 aliphatic carbocycles. The summed E-state index contributed by atoms with van der Waals surface area (Å²) in [6.07, 6.45) is 1.03. The van der Waals surface area contributed by atoms with Gasteiger partial charge in [0, 0.05) is 30.9 Å². The lowest BCUT2D eigenvalue weighted by molar-refractivity contribution is -0.116. The van der Waals surface area contributed by atoms with Gasteiger partial charge in [-0.25, -0.2) is 4.39 Å². The van der Waals surface area contributed by atoms with Gasteiger partial charge < -0.3 is 15.0 Å². The van der Waals surface area contributed by atoms with Gasteiger partial charge in [0.05, 0.1) is 13.2 Å². The first-order valence-corrected chi connectivity index (χ1v) is 8.18. The van der Waals surface area contributed by atoms with E-state index in [1.165, 1.54) is 17.8 Å². The van der Waals surface area contributed by atoms with Crippen molar-refractivity contribution in [3.05, 3.63) is 59.9 Å². The van der Waals surface area contributed by atoms with Crippen LogP contribution in [0, 0.1) is 5.82 Å². The van der Waals surface area contributed by atoms with Crippen LogP contribution < -0.4 is 10.2 Å². The molecular weight excluding hydrogens is 307 g/mol. The summed E-state index contributed by atoms with van der Waals surface area (Å²) in [6, 6.07) is 14.2. The third kappa shape index (κ3) is 4.55. The van der Waals surface area contributed by atoms with Gasteiger partial charge in [-0.15, -0.1) is 0 Å². The van der Waals surface area contributed by atoms with Gasteiger partial charge in [-0.2, -0.15) is 0 Å². The van der Waals surface area contributed by atoms with Gasteiger partial charge >= 0.3 is 0 Å². The molecule has 0 radical (unpaired) electrons. The van der Waals surface area contributed by atoms with Crippen molar-refractivity contribution in [2.24, 2.45) is 0 Å². The summed E-state index contributed by atoms with van der Waals surface area (Å²) in [4.78, 5) is 14.3. The van der Waals surface area contributed by atoms with Crippen molar-refractivity contribution in [2.75, 3.05) is 36.5 Å². The van der Waals surface area contributed by atoms with Crippen LogP contribution in [0.15, 0.2) is 48.5 Å². The monoisotopic (exact) mass is 328 g/mol. The summed E-state index contributed by atoms with van der Waals surface area (Å²) in [6.45, 7) is 3.36. The Bertz CT molecular complexity index is 682. The number of halogens is 1. The average molecular weight is 328 g/mol. The van der Waals surface area contributed by atoms with Crippen LogP contribution >= 0.6 is 0 Å². The molecule has 1 heterocycles. The minimum absolute atomic E-state index is 0.113. The van der Waals surface area contributed by atoms with E-state index in [2.05, 4.69) is 34.5 Å². The number of carbonyl (C=O) groups excluding carboxylic acids is 1. The Labute approximate surface area is 141 Å². The number of hydrogen-bond donors (Lipinski definition) is 1. The molecule has 2 aromatic rings. The lowest BCUT2D eigenvalue weighted by Gasteiger charge is -2.28. The number of nitrogens with zero attached hydrogens (tertiary/aromatic N) is 1. The number of nitrogens with one attached hydrogen (secondary N) is 1. The maximum Gasteiger partial charge on any atom is 0.224 e. The first kappa shape index (κ1) is 16.5. The van der Waals surface area contributed by atoms with E-state index in [9.17, 15) is 9.18 Å². The SMILES string of the molecule is O=C(CCc1ccc(N2CCOCC2)cc1)Nc1cccc(F)c1. The fraction of sp³-hybridized carbons (Fsp3) is 0.316. The topological polar surface area (TPSA) is 41.6 Å². The highest BCUT2D eigenvalue weighted by molar-refractivity contribution is 5.90. The number of ether oxygens (including phenoxy) is 1. The van der Waals surface area contributed by atoms with E-state index < -0.39 is 0 Å². The highest BCUT2D eigenvalue weighted by Gasteiger charge is 2.11. The summed E-state index contributed by atoms with van der Waals surface area (Å²) in [5, 5.41) is 2.72. The number of rotatable bonds is 5. The second-order valence-corrected chi connectivity index (χ2v) is 5.82. The maximum atomic E-state index is 13.1. The smallest absolute Gasteiger partial charge is 0.224 e. The molecule has 0 bridgehead atoms. The van der Waals surface area contributed by atoms with Crippen molar-refractivity contribution >= 4 is 17.3 Å². The van der Waals surface area contributed by atoms with E-state index in [1.54, 1.807) is 12.1 Å². The molecule has 1 amide bonds. The molecule has 0 atom stereocenters. The van der Waals surface area contributed by atoms with Gasteiger partial charge in [0.25, 0.3) is 0 Å². The normalized spacial score (nSPS) is 14.5. The maximum absolute atomic E-state index is 13.1. The first-order chi connectivity index (χ1) is 11.7. The molecule has 126 valence electrons. The van der Waals surface area contributed by atoms with Crippen molar-refractivity contribution < 1.29 is 13.9 Å². The van der Waals surface area contributed by atoms with E-state index in [4.69, 9.17) is 4.74 Å². The zero-order valence-electron chi connectivity index (χ0n) is 13.5. The van der Waals surface area contributed by atoms with Gasteiger partial charge in [0.1, 0.15) is 5.82 Å². The second-order valence-electron chi connectivity index (χ2n) is 5.82. The van der Waals surface area contributed by atoms with Crippen molar-refractivity contribution in [3.8, 4) is 0 Å². The Morgan fingerprint density at radius 1 is 1.12 bits per heavy atom. The lowest BCUT2D eigenvalue weighted by Crippen LogP contribution is -2.36. The molecule has 5 heteroatoms. The van der Waals surface area contributed by atoms with Crippen LogP contribution in [0.3, 0.4) is 0 Å². The molecule has 24 heavy (non-hydrogen) atoms. The molecule has 1 aliphatic rings. The first-order valence-electron chi connectivity index (χ1n) is 8.18. The van der Waals surface area contributed by atoms with Crippen LogP contribution in [-0.2, 0) is 16.0 Å². The van der Waals surface area contributed by atoms with Crippen LogP contribution in [-0.4, -0.2) is 32.2 Å². The van der Waals surface area contributed by atoms with E-state index in [1.807, 2.05) is 0 Å². The van der Waals surface area contributed by atoms with Gasteiger partial charge in [-0.1, -0.05) is 18.2 Å². The Kier molecular flexibility index (Phi) is 5.43.